The fourth-order valence-electron chi connectivity index (χ4n) is 3.92. The number of amides is 2. The quantitative estimate of drug-likeness (QED) is 0.338. The molecule has 0 aliphatic heterocycles. The maximum atomic E-state index is 13.8. The molecule has 1 unspecified atom stereocenters. The van der Waals surface area contributed by atoms with Crippen LogP contribution in [0.5, 0.6) is 5.75 Å². The highest BCUT2D eigenvalue weighted by Crippen LogP contribution is 2.30. The lowest BCUT2D eigenvalue weighted by Gasteiger charge is -2.30. The number of ether oxygens (including phenoxy) is 1. The molecule has 0 spiro atoms. The van der Waals surface area contributed by atoms with Crippen LogP contribution >= 0.6 is 0 Å². The SMILES string of the molecule is COc1ccc(N(C(=O)Cn2nnc3ccccc32)C(C(=O)NCc2ccco2)c2ccco2)cc1. The molecule has 10 nitrogen and oxygen atoms in total. The Kier molecular flexibility index (Phi) is 6.48. The highest BCUT2D eigenvalue weighted by molar-refractivity contribution is 6.01. The van der Waals surface area contributed by atoms with Gasteiger partial charge in [0.1, 0.15) is 29.3 Å². The van der Waals surface area contributed by atoms with E-state index in [1.807, 2.05) is 24.3 Å². The molecular formula is C26H23N5O5. The van der Waals surface area contributed by atoms with Crippen molar-refractivity contribution in [2.24, 2.45) is 0 Å². The van der Waals surface area contributed by atoms with Crippen LogP contribution in [0.3, 0.4) is 0 Å². The Labute approximate surface area is 206 Å². The van der Waals surface area contributed by atoms with Crippen molar-refractivity contribution in [2.75, 3.05) is 12.0 Å². The van der Waals surface area contributed by atoms with Crippen LogP contribution in [-0.4, -0.2) is 33.9 Å². The molecule has 3 aromatic heterocycles. The van der Waals surface area contributed by atoms with Gasteiger partial charge < -0.3 is 18.9 Å². The first-order valence-corrected chi connectivity index (χ1v) is 11.2. The predicted molar refractivity (Wildman–Crippen MR) is 130 cm³/mol. The van der Waals surface area contributed by atoms with Gasteiger partial charge in [0.25, 0.3) is 5.91 Å². The molecule has 0 radical (unpaired) electrons. The molecule has 0 saturated heterocycles. The smallest absolute Gasteiger partial charge is 0.251 e. The number of hydrogen-bond acceptors (Lipinski definition) is 7. The summed E-state index contributed by atoms with van der Waals surface area (Å²) in [6.45, 7) is 0.0105. The third-order valence-electron chi connectivity index (χ3n) is 5.66. The zero-order valence-corrected chi connectivity index (χ0v) is 19.4. The number of para-hydroxylation sites is 1. The van der Waals surface area contributed by atoms with E-state index in [4.69, 9.17) is 13.6 Å². The van der Waals surface area contributed by atoms with Crippen molar-refractivity contribution in [1.29, 1.82) is 0 Å². The molecule has 1 atom stereocenters. The van der Waals surface area contributed by atoms with Crippen molar-refractivity contribution in [2.45, 2.75) is 19.1 Å². The van der Waals surface area contributed by atoms with Gasteiger partial charge in [-0.05, 0) is 60.7 Å². The predicted octanol–water partition coefficient (Wildman–Crippen LogP) is 3.72. The Hall–Kier alpha value is -4.86. The van der Waals surface area contributed by atoms with E-state index in [1.165, 1.54) is 22.1 Å². The molecule has 1 N–H and O–H groups in total. The van der Waals surface area contributed by atoms with E-state index in [0.29, 0.717) is 34.0 Å². The average molecular weight is 486 g/mol. The molecule has 0 saturated carbocycles. The molecule has 0 fully saturated rings. The number of nitrogens with one attached hydrogen (secondary N) is 1. The van der Waals surface area contributed by atoms with Gasteiger partial charge in [0.15, 0.2) is 6.04 Å². The largest absolute Gasteiger partial charge is 0.497 e. The summed E-state index contributed by atoms with van der Waals surface area (Å²) >= 11 is 0. The van der Waals surface area contributed by atoms with E-state index in [1.54, 1.807) is 55.6 Å². The van der Waals surface area contributed by atoms with Gasteiger partial charge in [-0.3, -0.25) is 14.5 Å². The summed E-state index contributed by atoms with van der Waals surface area (Å²) in [5, 5.41) is 11.1. The maximum absolute atomic E-state index is 13.8. The summed E-state index contributed by atoms with van der Waals surface area (Å²) in [4.78, 5) is 28.8. The van der Waals surface area contributed by atoms with Crippen LogP contribution in [0, 0.1) is 0 Å². The third-order valence-corrected chi connectivity index (χ3v) is 5.66. The van der Waals surface area contributed by atoms with Crippen molar-refractivity contribution in [3.63, 3.8) is 0 Å². The van der Waals surface area contributed by atoms with Gasteiger partial charge in [-0.1, -0.05) is 17.3 Å². The standard InChI is InChI=1S/C26H23N5O5/c1-34-19-12-10-18(11-13-19)31(24(32)17-30-22-8-3-2-7-21(22)28-29-30)25(23-9-5-15-36-23)26(33)27-16-20-6-4-14-35-20/h2-15,25H,16-17H2,1H3,(H,27,33). The summed E-state index contributed by atoms with van der Waals surface area (Å²) in [5.74, 6) is 0.682. The number of furan rings is 2. The first kappa shape index (κ1) is 22.9. The molecule has 0 aliphatic rings. The number of nitrogens with zero attached hydrogens (tertiary/aromatic N) is 4. The Bertz CT molecular complexity index is 1440. The van der Waals surface area contributed by atoms with Crippen LogP contribution in [0.4, 0.5) is 5.69 Å². The molecule has 0 bridgehead atoms. The molecule has 3 heterocycles. The van der Waals surface area contributed by atoms with Crippen molar-refractivity contribution in [3.05, 3.63) is 96.8 Å². The summed E-state index contributed by atoms with van der Waals surface area (Å²) in [6.07, 6.45) is 2.99. The summed E-state index contributed by atoms with van der Waals surface area (Å²) in [6, 6.07) is 20.0. The first-order chi connectivity index (χ1) is 17.6. The zero-order valence-electron chi connectivity index (χ0n) is 19.4. The summed E-state index contributed by atoms with van der Waals surface area (Å²) in [7, 11) is 1.56. The van der Waals surface area contributed by atoms with Gasteiger partial charge in [0.2, 0.25) is 5.91 Å². The number of methoxy groups -OCH3 is 1. The topological polar surface area (TPSA) is 116 Å². The normalized spacial score (nSPS) is 11.8. The molecule has 2 amide bonds. The number of hydrogen-bond donors (Lipinski definition) is 1. The van der Waals surface area contributed by atoms with Crippen LogP contribution in [-0.2, 0) is 22.7 Å². The Morgan fingerprint density at radius 3 is 2.50 bits per heavy atom. The molecule has 2 aromatic carbocycles. The third kappa shape index (κ3) is 4.69. The Balaban J connectivity index is 1.52. The fourth-order valence-corrected chi connectivity index (χ4v) is 3.92. The lowest BCUT2D eigenvalue weighted by Crippen LogP contribution is -2.45. The number of aromatic nitrogens is 3. The molecule has 5 aromatic rings. The van der Waals surface area contributed by atoms with Crippen molar-refractivity contribution < 1.29 is 23.2 Å². The highest BCUT2D eigenvalue weighted by Gasteiger charge is 2.35. The van der Waals surface area contributed by atoms with Crippen molar-refractivity contribution in [3.8, 4) is 5.75 Å². The number of benzene rings is 2. The maximum Gasteiger partial charge on any atom is 0.251 e. The highest BCUT2D eigenvalue weighted by atomic mass is 16.5. The number of carbonyl (C=O) groups is 2. The van der Waals surface area contributed by atoms with E-state index >= 15 is 0 Å². The van der Waals surface area contributed by atoms with E-state index in [0.717, 1.165) is 0 Å². The summed E-state index contributed by atoms with van der Waals surface area (Å²) < 4.78 is 17.7. The van der Waals surface area contributed by atoms with E-state index in [2.05, 4.69) is 15.6 Å². The number of anilines is 1. The zero-order chi connectivity index (χ0) is 24.9. The van der Waals surface area contributed by atoms with E-state index in [-0.39, 0.29) is 19.0 Å². The van der Waals surface area contributed by atoms with Gasteiger partial charge in [0, 0.05) is 5.69 Å². The minimum Gasteiger partial charge on any atom is -0.497 e. The van der Waals surface area contributed by atoms with Crippen LogP contribution in [0.25, 0.3) is 11.0 Å². The van der Waals surface area contributed by atoms with Gasteiger partial charge in [-0.2, -0.15) is 0 Å². The number of rotatable bonds is 9. The lowest BCUT2D eigenvalue weighted by molar-refractivity contribution is -0.127. The van der Waals surface area contributed by atoms with Crippen molar-refractivity contribution in [1.82, 2.24) is 20.3 Å². The van der Waals surface area contributed by atoms with E-state index in [9.17, 15) is 9.59 Å². The van der Waals surface area contributed by atoms with Crippen LogP contribution in [0.2, 0.25) is 0 Å². The number of carbonyl (C=O) groups excluding carboxylic acids is 2. The molecule has 5 rings (SSSR count). The van der Waals surface area contributed by atoms with Gasteiger partial charge in [-0.25, -0.2) is 4.68 Å². The molecule has 0 aliphatic carbocycles. The van der Waals surface area contributed by atoms with Crippen molar-refractivity contribution >= 4 is 28.5 Å². The van der Waals surface area contributed by atoms with Crippen LogP contribution < -0.4 is 15.0 Å². The van der Waals surface area contributed by atoms with Gasteiger partial charge in [0.05, 0.1) is 31.7 Å². The fraction of sp³-hybridized carbons (Fsp3) is 0.154. The molecule has 36 heavy (non-hydrogen) atoms. The number of fused-ring (bicyclic) bond motifs is 1. The monoisotopic (exact) mass is 485 g/mol. The van der Waals surface area contributed by atoms with Crippen LogP contribution in [0.15, 0.2) is 94.2 Å². The second-order valence-electron chi connectivity index (χ2n) is 7.91. The first-order valence-electron chi connectivity index (χ1n) is 11.2. The Morgan fingerprint density at radius 1 is 1.00 bits per heavy atom. The van der Waals surface area contributed by atoms with Gasteiger partial charge >= 0.3 is 0 Å². The van der Waals surface area contributed by atoms with E-state index < -0.39 is 11.9 Å². The second kappa shape index (κ2) is 10.2. The minimum atomic E-state index is -1.09. The molecule has 182 valence electrons. The molecule has 10 heteroatoms. The molecular weight excluding hydrogens is 462 g/mol. The van der Waals surface area contributed by atoms with Crippen LogP contribution in [0.1, 0.15) is 17.6 Å². The average Bonchev–Trinajstić information content (AvgIpc) is 3.69. The summed E-state index contributed by atoms with van der Waals surface area (Å²) in [5.41, 5.74) is 1.86. The van der Waals surface area contributed by atoms with Gasteiger partial charge in [-0.15, -0.1) is 5.10 Å². The lowest BCUT2D eigenvalue weighted by atomic mass is 10.1. The second-order valence-corrected chi connectivity index (χ2v) is 7.91. The minimum absolute atomic E-state index is 0.144. The Morgan fingerprint density at radius 2 is 1.78 bits per heavy atom.